The van der Waals surface area contributed by atoms with Crippen molar-refractivity contribution in [2.75, 3.05) is 13.7 Å². The number of hydrogen-bond donors (Lipinski definition) is 1. The van der Waals surface area contributed by atoms with Crippen LogP contribution in [0.1, 0.15) is 16.7 Å². The van der Waals surface area contributed by atoms with E-state index in [-0.39, 0.29) is 13.2 Å². The van der Waals surface area contributed by atoms with Crippen LogP contribution in [0.2, 0.25) is 15.1 Å². The Bertz CT molecular complexity index is 1150. The molecule has 0 unspecified atom stereocenters. The van der Waals surface area contributed by atoms with Crippen LogP contribution < -0.4 is 19.6 Å². The topological polar surface area (TPSA) is 69.2 Å². The minimum atomic E-state index is -0.399. The Morgan fingerprint density at radius 3 is 2.39 bits per heavy atom. The van der Waals surface area contributed by atoms with Crippen LogP contribution in [0.4, 0.5) is 0 Å². The second-order valence-electron chi connectivity index (χ2n) is 6.89. The van der Waals surface area contributed by atoms with Crippen molar-refractivity contribution in [3.8, 4) is 17.2 Å². The van der Waals surface area contributed by atoms with Crippen molar-refractivity contribution in [2.24, 2.45) is 5.10 Å². The molecule has 0 aliphatic carbocycles. The third-order valence-corrected chi connectivity index (χ3v) is 5.46. The maximum absolute atomic E-state index is 12.0. The lowest BCUT2D eigenvalue weighted by Gasteiger charge is -2.13. The zero-order valence-corrected chi connectivity index (χ0v) is 20.2. The molecular weight excluding hydrogens is 487 g/mol. The molecule has 0 heterocycles. The van der Waals surface area contributed by atoms with Gasteiger partial charge in [0.05, 0.1) is 13.3 Å². The maximum atomic E-state index is 12.0. The van der Waals surface area contributed by atoms with Crippen LogP contribution in [-0.4, -0.2) is 25.8 Å². The predicted octanol–water partition coefficient (Wildman–Crippen LogP) is 6.07. The standard InChI is InChI=1S/C24H21Cl3N2O4/c1-15-10-17(25)7-9-21(15)33-14-24(30)29-28-12-16-6-8-22(23(11-16)31-2)32-13-18-19(26)4-3-5-20(18)27/h3-12H,13-14H2,1-2H3,(H,29,30)/b28-12+. The number of carbonyl (C=O) groups excluding carboxylic acids is 1. The molecule has 0 saturated carbocycles. The number of hydrogen-bond acceptors (Lipinski definition) is 5. The number of aryl methyl sites for hydroxylation is 1. The van der Waals surface area contributed by atoms with E-state index in [0.717, 1.165) is 5.56 Å². The molecule has 3 aromatic rings. The second kappa shape index (κ2) is 11.8. The summed E-state index contributed by atoms with van der Waals surface area (Å²) in [5, 5.41) is 5.61. The van der Waals surface area contributed by atoms with Crippen molar-refractivity contribution in [2.45, 2.75) is 13.5 Å². The van der Waals surface area contributed by atoms with E-state index in [4.69, 9.17) is 49.0 Å². The van der Waals surface area contributed by atoms with E-state index < -0.39 is 5.91 Å². The molecule has 9 heteroatoms. The summed E-state index contributed by atoms with van der Waals surface area (Å²) in [6.07, 6.45) is 1.49. The Balaban J connectivity index is 1.55. The largest absolute Gasteiger partial charge is 0.493 e. The molecular formula is C24H21Cl3N2O4. The minimum Gasteiger partial charge on any atom is -0.493 e. The van der Waals surface area contributed by atoms with E-state index in [1.165, 1.54) is 13.3 Å². The van der Waals surface area contributed by atoms with Crippen LogP contribution in [0, 0.1) is 6.92 Å². The van der Waals surface area contributed by atoms with E-state index >= 15 is 0 Å². The highest BCUT2D eigenvalue weighted by atomic mass is 35.5. The highest BCUT2D eigenvalue weighted by Crippen LogP contribution is 2.31. The first-order valence-electron chi connectivity index (χ1n) is 9.82. The van der Waals surface area contributed by atoms with Crippen LogP contribution in [-0.2, 0) is 11.4 Å². The lowest BCUT2D eigenvalue weighted by Crippen LogP contribution is -2.24. The van der Waals surface area contributed by atoms with Gasteiger partial charge >= 0.3 is 0 Å². The zero-order chi connectivity index (χ0) is 23.8. The van der Waals surface area contributed by atoms with Crippen molar-refractivity contribution in [3.63, 3.8) is 0 Å². The van der Waals surface area contributed by atoms with Gasteiger partial charge in [-0.1, -0.05) is 40.9 Å². The first kappa shape index (κ1) is 24.7. The van der Waals surface area contributed by atoms with Gasteiger partial charge in [0.25, 0.3) is 5.91 Å². The van der Waals surface area contributed by atoms with Crippen molar-refractivity contribution in [3.05, 3.63) is 86.4 Å². The summed E-state index contributed by atoms with van der Waals surface area (Å²) >= 11 is 18.3. The van der Waals surface area contributed by atoms with Crippen LogP contribution in [0.3, 0.4) is 0 Å². The molecule has 3 rings (SSSR count). The summed E-state index contributed by atoms with van der Waals surface area (Å²) in [4.78, 5) is 12.0. The Morgan fingerprint density at radius 2 is 1.70 bits per heavy atom. The molecule has 0 saturated heterocycles. The van der Waals surface area contributed by atoms with E-state index in [1.807, 2.05) is 6.92 Å². The van der Waals surface area contributed by atoms with E-state index in [2.05, 4.69) is 10.5 Å². The molecule has 0 spiro atoms. The monoisotopic (exact) mass is 506 g/mol. The number of nitrogens with one attached hydrogen (secondary N) is 1. The SMILES string of the molecule is COc1cc(/C=N/NC(=O)COc2ccc(Cl)cc2C)ccc1OCc1c(Cl)cccc1Cl. The van der Waals surface area contributed by atoms with Gasteiger partial charge in [-0.2, -0.15) is 5.10 Å². The second-order valence-corrected chi connectivity index (χ2v) is 8.14. The predicted molar refractivity (Wildman–Crippen MR) is 131 cm³/mol. The van der Waals surface area contributed by atoms with Crippen LogP contribution in [0.25, 0.3) is 0 Å². The fraction of sp³-hybridized carbons (Fsp3) is 0.167. The normalized spacial score (nSPS) is 10.8. The summed E-state index contributed by atoms with van der Waals surface area (Å²) in [5.74, 6) is 1.19. The Hall–Kier alpha value is -2.93. The molecule has 1 N–H and O–H groups in total. The Morgan fingerprint density at radius 1 is 0.970 bits per heavy atom. The van der Waals surface area contributed by atoms with E-state index in [1.54, 1.807) is 54.6 Å². The maximum Gasteiger partial charge on any atom is 0.277 e. The number of halogens is 3. The van der Waals surface area contributed by atoms with Crippen molar-refractivity contribution >= 4 is 46.9 Å². The van der Waals surface area contributed by atoms with Crippen molar-refractivity contribution in [1.29, 1.82) is 0 Å². The van der Waals surface area contributed by atoms with Crippen LogP contribution in [0.15, 0.2) is 59.7 Å². The molecule has 0 bridgehead atoms. The van der Waals surface area contributed by atoms with Gasteiger partial charge in [-0.3, -0.25) is 4.79 Å². The third-order valence-electron chi connectivity index (χ3n) is 4.52. The van der Waals surface area contributed by atoms with Gasteiger partial charge < -0.3 is 14.2 Å². The Labute approximate surface area is 207 Å². The summed E-state index contributed by atoms with van der Waals surface area (Å²) in [7, 11) is 1.53. The van der Waals surface area contributed by atoms with Crippen LogP contribution in [0.5, 0.6) is 17.2 Å². The molecule has 1 amide bonds. The number of amides is 1. The van der Waals surface area contributed by atoms with Gasteiger partial charge in [0.1, 0.15) is 12.4 Å². The minimum absolute atomic E-state index is 0.180. The van der Waals surface area contributed by atoms with Crippen LogP contribution >= 0.6 is 34.8 Å². The van der Waals surface area contributed by atoms with Crippen molar-refractivity contribution in [1.82, 2.24) is 5.43 Å². The molecule has 0 atom stereocenters. The molecule has 6 nitrogen and oxygen atoms in total. The van der Waals surface area contributed by atoms with Gasteiger partial charge in [0, 0.05) is 20.6 Å². The van der Waals surface area contributed by atoms with Gasteiger partial charge in [0.2, 0.25) is 0 Å². The lowest BCUT2D eigenvalue weighted by atomic mass is 10.2. The van der Waals surface area contributed by atoms with Crippen molar-refractivity contribution < 1.29 is 19.0 Å². The molecule has 0 aliphatic heterocycles. The summed E-state index contributed by atoms with van der Waals surface area (Å²) in [6, 6.07) is 15.7. The lowest BCUT2D eigenvalue weighted by molar-refractivity contribution is -0.123. The summed E-state index contributed by atoms with van der Waals surface area (Å²) in [6.45, 7) is 1.85. The quantitative estimate of drug-likeness (QED) is 0.282. The molecule has 172 valence electrons. The number of rotatable bonds is 9. The zero-order valence-electron chi connectivity index (χ0n) is 17.9. The smallest absolute Gasteiger partial charge is 0.277 e. The van der Waals surface area contributed by atoms with Gasteiger partial charge in [-0.25, -0.2) is 5.43 Å². The first-order chi connectivity index (χ1) is 15.9. The molecule has 0 fully saturated rings. The molecule has 0 aliphatic rings. The summed E-state index contributed by atoms with van der Waals surface area (Å²) < 4.78 is 16.7. The Kier molecular flexibility index (Phi) is 8.83. The highest BCUT2D eigenvalue weighted by Gasteiger charge is 2.10. The number of ether oxygens (including phenoxy) is 3. The fourth-order valence-electron chi connectivity index (χ4n) is 2.83. The highest BCUT2D eigenvalue weighted by molar-refractivity contribution is 6.36. The van der Waals surface area contributed by atoms with Gasteiger partial charge in [0.15, 0.2) is 18.1 Å². The third kappa shape index (κ3) is 7.02. The summed E-state index contributed by atoms with van der Waals surface area (Å²) in [5.41, 5.74) is 4.65. The average Bonchev–Trinajstić information content (AvgIpc) is 2.78. The van der Waals surface area contributed by atoms with E-state index in [0.29, 0.717) is 43.4 Å². The molecule has 3 aromatic carbocycles. The first-order valence-corrected chi connectivity index (χ1v) is 11.0. The number of carbonyl (C=O) groups is 1. The number of benzene rings is 3. The average molecular weight is 508 g/mol. The number of nitrogens with zero attached hydrogens (tertiary/aromatic N) is 1. The number of hydrazone groups is 1. The van der Waals surface area contributed by atoms with E-state index in [9.17, 15) is 4.79 Å². The molecule has 0 aromatic heterocycles. The molecule has 33 heavy (non-hydrogen) atoms. The fourth-order valence-corrected chi connectivity index (χ4v) is 3.57. The van der Waals surface area contributed by atoms with Gasteiger partial charge in [-0.15, -0.1) is 0 Å². The van der Waals surface area contributed by atoms with Gasteiger partial charge in [-0.05, 0) is 66.6 Å². The number of methoxy groups -OCH3 is 1. The molecule has 0 radical (unpaired) electrons.